The van der Waals surface area contributed by atoms with Crippen LogP contribution in [-0.4, -0.2) is 141 Å². The highest BCUT2D eigenvalue weighted by Crippen LogP contribution is 2.49. The van der Waals surface area contributed by atoms with Crippen LogP contribution in [0.1, 0.15) is 75.6 Å². The van der Waals surface area contributed by atoms with Crippen molar-refractivity contribution in [3.63, 3.8) is 0 Å². The lowest BCUT2D eigenvalue weighted by atomic mass is 9.70. The van der Waals surface area contributed by atoms with Crippen LogP contribution in [0.15, 0.2) is 9.79 Å². The van der Waals surface area contributed by atoms with Gasteiger partial charge in [-0.25, -0.2) is 9.97 Å². The number of nitrogens with zero attached hydrogens (tertiary/aromatic N) is 6. The third-order valence-corrected chi connectivity index (χ3v) is 16.2. The molecule has 1 aliphatic carbocycles. The molecule has 17 nitrogen and oxygen atoms in total. The number of hydrogen-bond acceptors (Lipinski definition) is 16. The summed E-state index contributed by atoms with van der Waals surface area (Å²) in [4.78, 5) is 48.8. The third kappa shape index (κ3) is 8.68. The zero-order valence-corrected chi connectivity index (χ0v) is 35.2. The van der Waals surface area contributed by atoms with Crippen LogP contribution in [0.2, 0.25) is 0 Å². The van der Waals surface area contributed by atoms with Gasteiger partial charge in [0.1, 0.15) is 27.5 Å². The molecule has 0 radical (unpaired) electrons. The number of aromatic nitrogens is 4. The smallest absolute Gasteiger partial charge is 0.310 e. The molecule has 59 heavy (non-hydrogen) atoms. The van der Waals surface area contributed by atoms with Crippen LogP contribution < -0.4 is 20.4 Å². The lowest BCUT2D eigenvalue weighted by molar-refractivity contribution is -0.158. The van der Waals surface area contributed by atoms with Gasteiger partial charge >= 0.3 is 11.9 Å². The van der Waals surface area contributed by atoms with Gasteiger partial charge in [-0.05, 0) is 51.4 Å². The van der Waals surface area contributed by atoms with Gasteiger partial charge in [0.15, 0.2) is 0 Å². The quantitative estimate of drug-likeness (QED) is 0.294. The standard InChI is InChI=1S/C20H28N4O5S.C20H28N4O4S/c25-19(13-1-6-27-7-2-13)29-15-11-24(12-15)20-22-16-5-10-30(26)17(16)18(23-20)21-14-3-8-28-9-4-14;25-18(26)20(6-1-2-7-20)13-11-24(12-13)19-22-15-5-10-29(27)16(15)17(23-19)21-14-3-8-28-9-4-14/h13-15H,1-12H2,(H,21,22,23);13-14H,1-12H2,(H,25,26)(H,21,22,23)/t30-;29-/m11/s1. The van der Waals surface area contributed by atoms with Gasteiger partial charge in [-0.3, -0.25) is 18.0 Å². The van der Waals surface area contributed by atoms with Crippen molar-refractivity contribution in [1.29, 1.82) is 0 Å². The summed E-state index contributed by atoms with van der Waals surface area (Å²) in [6.45, 7) is 6.72. The summed E-state index contributed by atoms with van der Waals surface area (Å²) in [5, 5.41) is 16.8. The van der Waals surface area contributed by atoms with E-state index in [9.17, 15) is 23.1 Å². The van der Waals surface area contributed by atoms with E-state index in [1.807, 2.05) is 4.90 Å². The van der Waals surface area contributed by atoms with Crippen LogP contribution in [0.4, 0.5) is 23.5 Å². The Labute approximate surface area is 349 Å². The lowest BCUT2D eigenvalue weighted by Gasteiger charge is -2.47. The molecule has 7 aliphatic heterocycles. The molecule has 6 fully saturated rings. The highest BCUT2D eigenvalue weighted by Gasteiger charge is 2.52. The summed E-state index contributed by atoms with van der Waals surface area (Å²) in [6.07, 6.45) is 9.97. The minimum absolute atomic E-state index is 0.0469. The molecule has 0 unspecified atom stereocenters. The van der Waals surface area contributed by atoms with Gasteiger partial charge in [0.2, 0.25) is 11.9 Å². The monoisotopic (exact) mass is 856 g/mol. The second kappa shape index (κ2) is 17.8. The molecule has 2 aromatic heterocycles. The highest BCUT2D eigenvalue weighted by atomic mass is 32.2. The number of carboxylic acid groups (broad SMARTS) is 1. The number of carboxylic acids is 1. The van der Waals surface area contributed by atoms with Crippen molar-refractivity contribution in [2.24, 2.45) is 17.3 Å². The van der Waals surface area contributed by atoms with Gasteiger partial charge in [0.25, 0.3) is 0 Å². The number of aliphatic carboxylic acids is 1. The van der Waals surface area contributed by atoms with Crippen LogP contribution in [0, 0.1) is 17.3 Å². The molecule has 5 saturated heterocycles. The molecule has 2 aromatic rings. The van der Waals surface area contributed by atoms with Crippen molar-refractivity contribution in [2.45, 2.75) is 105 Å². The van der Waals surface area contributed by atoms with Crippen molar-refractivity contribution < 1.29 is 42.1 Å². The zero-order chi connectivity index (χ0) is 40.5. The Hall–Kier alpha value is -3.52. The van der Waals surface area contributed by atoms with E-state index >= 15 is 0 Å². The van der Waals surface area contributed by atoms with Crippen LogP contribution in [0.3, 0.4) is 0 Å². The summed E-state index contributed by atoms with van der Waals surface area (Å²) < 4.78 is 46.9. The SMILES string of the molecule is O=C(O)C1(C2CN(c3nc4c(c(NC5CCOCC5)n3)[S@](=O)CC4)C2)CCCC1.O=C(OC1CN(c2nc3c(c(NC4CCOCC4)n2)[S@](=O)CC3)C1)C1CCOCC1. The molecule has 3 N–H and O–H groups in total. The average molecular weight is 857 g/mol. The fourth-order valence-corrected chi connectivity index (χ4v) is 12.2. The normalized spacial score (nSPS) is 26.2. The maximum atomic E-state index is 12.5. The maximum Gasteiger partial charge on any atom is 0.310 e. The summed E-state index contributed by atoms with van der Waals surface area (Å²) in [5.74, 6) is 3.21. The summed E-state index contributed by atoms with van der Waals surface area (Å²) in [5.41, 5.74) is 1.17. The summed E-state index contributed by atoms with van der Waals surface area (Å²) in [6, 6.07) is 0.541. The molecule has 1 saturated carbocycles. The molecular weight excluding hydrogens is 801 g/mol. The lowest BCUT2D eigenvalue weighted by Crippen LogP contribution is -2.57. The van der Waals surface area contributed by atoms with Crippen LogP contribution in [0.25, 0.3) is 0 Å². The van der Waals surface area contributed by atoms with Crippen LogP contribution in [-0.2, 0) is 63.0 Å². The molecular formula is C40H56N8O9S2. The van der Waals surface area contributed by atoms with Crippen molar-refractivity contribution in [2.75, 3.05) is 97.8 Å². The first-order valence-corrected chi connectivity index (χ1v) is 24.2. The van der Waals surface area contributed by atoms with E-state index in [0.29, 0.717) is 87.3 Å². The average Bonchev–Trinajstić information content (AvgIpc) is 3.96. The van der Waals surface area contributed by atoms with E-state index in [1.165, 1.54) is 0 Å². The fourth-order valence-electron chi connectivity index (χ4n) is 9.58. The molecule has 19 heteroatoms. The predicted molar refractivity (Wildman–Crippen MR) is 219 cm³/mol. The Morgan fingerprint density at radius 1 is 0.678 bits per heavy atom. The first-order valence-electron chi connectivity index (χ1n) is 21.5. The molecule has 2 atom stereocenters. The largest absolute Gasteiger partial charge is 0.481 e. The van der Waals surface area contributed by atoms with Gasteiger partial charge in [-0.1, -0.05) is 12.8 Å². The van der Waals surface area contributed by atoms with E-state index in [-0.39, 0.29) is 36.0 Å². The maximum absolute atomic E-state index is 12.5. The van der Waals surface area contributed by atoms with E-state index in [4.69, 9.17) is 33.9 Å². The molecule has 9 heterocycles. The van der Waals surface area contributed by atoms with E-state index in [1.54, 1.807) is 0 Å². The van der Waals surface area contributed by atoms with Crippen molar-refractivity contribution in [3.8, 4) is 0 Å². The second-order valence-electron chi connectivity index (χ2n) is 17.1. The number of aryl methyl sites for hydroxylation is 2. The third-order valence-electron chi connectivity index (χ3n) is 13.3. The molecule has 322 valence electrons. The minimum atomic E-state index is -1.06. The van der Waals surface area contributed by atoms with Crippen LogP contribution >= 0.6 is 0 Å². The number of ether oxygens (including phenoxy) is 4. The van der Waals surface area contributed by atoms with Crippen molar-refractivity contribution in [1.82, 2.24) is 19.9 Å². The Bertz CT molecular complexity index is 1920. The number of esters is 1. The van der Waals surface area contributed by atoms with E-state index < -0.39 is 33.0 Å². The molecule has 8 aliphatic rings. The van der Waals surface area contributed by atoms with Gasteiger partial charge < -0.3 is 44.5 Å². The molecule has 0 spiro atoms. The molecule has 0 aromatic carbocycles. The van der Waals surface area contributed by atoms with Gasteiger partial charge in [-0.15, -0.1) is 0 Å². The number of carbonyl (C=O) groups is 2. The number of fused-ring (bicyclic) bond motifs is 2. The molecule has 0 amide bonds. The van der Waals surface area contributed by atoms with Crippen molar-refractivity contribution in [3.05, 3.63) is 11.4 Å². The number of rotatable bonds is 10. The molecule has 0 bridgehead atoms. The Balaban J connectivity index is 0.000000152. The Kier molecular flexibility index (Phi) is 12.4. The molecule has 10 rings (SSSR count). The van der Waals surface area contributed by atoms with Gasteiger partial charge in [0, 0.05) is 95.1 Å². The minimum Gasteiger partial charge on any atom is -0.481 e. The Morgan fingerprint density at radius 3 is 1.61 bits per heavy atom. The summed E-state index contributed by atoms with van der Waals surface area (Å²) >= 11 is 0. The first kappa shape index (κ1) is 40.9. The summed E-state index contributed by atoms with van der Waals surface area (Å²) in [7, 11) is -2.11. The van der Waals surface area contributed by atoms with Crippen molar-refractivity contribution >= 4 is 57.1 Å². The van der Waals surface area contributed by atoms with E-state index in [0.717, 1.165) is 112 Å². The first-order chi connectivity index (χ1) is 28.7. The number of carbonyl (C=O) groups excluding carboxylic acids is 1. The van der Waals surface area contributed by atoms with E-state index in [2.05, 4.69) is 20.5 Å². The number of anilines is 4. The second-order valence-corrected chi connectivity index (χ2v) is 20.1. The number of nitrogens with one attached hydrogen (secondary N) is 2. The van der Waals surface area contributed by atoms with Gasteiger partial charge in [0.05, 0.1) is 57.4 Å². The topological polar surface area (TPSA) is 208 Å². The van der Waals surface area contributed by atoms with Gasteiger partial charge in [-0.2, -0.15) is 9.97 Å². The predicted octanol–water partition coefficient (Wildman–Crippen LogP) is 2.70. The number of hydrogen-bond donors (Lipinski definition) is 3. The fraction of sp³-hybridized carbons (Fsp3) is 0.750. The zero-order valence-electron chi connectivity index (χ0n) is 33.6. The van der Waals surface area contributed by atoms with Crippen LogP contribution in [0.5, 0.6) is 0 Å². The highest BCUT2D eigenvalue weighted by molar-refractivity contribution is 7.85. The Morgan fingerprint density at radius 2 is 1.14 bits per heavy atom.